The molecule has 0 bridgehead atoms. The summed E-state index contributed by atoms with van der Waals surface area (Å²) in [7, 11) is 0. The molecule has 2 nitrogen and oxygen atoms in total. The van der Waals surface area contributed by atoms with Gasteiger partial charge in [-0.2, -0.15) is 0 Å². The van der Waals surface area contributed by atoms with Crippen molar-refractivity contribution in [3.05, 3.63) is 0 Å². The van der Waals surface area contributed by atoms with Crippen LogP contribution >= 0.6 is 0 Å². The van der Waals surface area contributed by atoms with Crippen molar-refractivity contribution in [2.75, 3.05) is 19.8 Å². The van der Waals surface area contributed by atoms with Crippen molar-refractivity contribution in [2.45, 2.75) is 32.7 Å². The maximum Gasteiger partial charge on any atom is 0.0622 e. The SMILES string of the molecule is CCOCC1NCCCC1C. The molecule has 1 rings (SSSR count). The van der Waals surface area contributed by atoms with E-state index in [2.05, 4.69) is 12.2 Å². The van der Waals surface area contributed by atoms with E-state index < -0.39 is 0 Å². The normalized spacial score (nSPS) is 32.2. The van der Waals surface area contributed by atoms with Gasteiger partial charge in [0, 0.05) is 12.6 Å². The van der Waals surface area contributed by atoms with Crippen LogP contribution in [0.25, 0.3) is 0 Å². The topological polar surface area (TPSA) is 21.3 Å². The summed E-state index contributed by atoms with van der Waals surface area (Å²) >= 11 is 0. The summed E-state index contributed by atoms with van der Waals surface area (Å²) in [6.45, 7) is 7.24. The molecule has 66 valence electrons. The maximum atomic E-state index is 5.38. The molecule has 0 spiro atoms. The van der Waals surface area contributed by atoms with Gasteiger partial charge in [-0.25, -0.2) is 0 Å². The van der Waals surface area contributed by atoms with E-state index in [1.54, 1.807) is 0 Å². The number of hydrogen-bond acceptors (Lipinski definition) is 2. The molecule has 1 N–H and O–H groups in total. The summed E-state index contributed by atoms with van der Waals surface area (Å²) in [5.74, 6) is 0.787. The highest BCUT2D eigenvalue weighted by atomic mass is 16.5. The van der Waals surface area contributed by atoms with Crippen LogP contribution in [0.3, 0.4) is 0 Å². The Morgan fingerprint density at radius 1 is 1.55 bits per heavy atom. The van der Waals surface area contributed by atoms with Gasteiger partial charge in [-0.05, 0) is 32.2 Å². The number of hydrogen-bond donors (Lipinski definition) is 1. The van der Waals surface area contributed by atoms with Crippen LogP contribution < -0.4 is 5.32 Å². The van der Waals surface area contributed by atoms with E-state index in [0.717, 1.165) is 19.1 Å². The van der Waals surface area contributed by atoms with E-state index in [1.807, 2.05) is 6.92 Å². The molecule has 1 heterocycles. The lowest BCUT2D eigenvalue weighted by Crippen LogP contribution is -2.43. The van der Waals surface area contributed by atoms with Crippen LogP contribution in [0.1, 0.15) is 26.7 Å². The van der Waals surface area contributed by atoms with Crippen LogP contribution in [-0.4, -0.2) is 25.8 Å². The van der Waals surface area contributed by atoms with E-state index in [1.165, 1.54) is 19.4 Å². The molecule has 1 saturated heterocycles. The van der Waals surface area contributed by atoms with Gasteiger partial charge in [0.2, 0.25) is 0 Å². The van der Waals surface area contributed by atoms with Crippen molar-refractivity contribution in [3.8, 4) is 0 Å². The maximum absolute atomic E-state index is 5.38. The fraction of sp³-hybridized carbons (Fsp3) is 1.00. The van der Waals surface area contributed by atoms with Gasteiger partial charge in [0.1, 0.15) is 0 Å². The number of nitrogens with one attached hydrogen (secondary N) is 1. The van der Waals surface area contributed by atoms with Gasteiger partial charge in [-0.1, -0.05) is 6.92 Å². The third kappa shape index (κ3) is 2.80. The zero-order valence-electron chi connectivity index (χ0n) is 7.60. The first kappa shape index (κ1) is 9.01. The Balaban J connectivity index is 2.18. The summed E-state index contributed by atoms with van der Waals surface area (Å²) in [5.41, 5.74) is 0. The minimum atomic E-state index is 0.601. The minimum absolute atomic E-state index is 0.601. The van der Waals surface area contributed by atoms with Crippen LogP contribution in [0.2, 0.25) is 0 Å². The summed E-state index contributed by atoms with van der Waals surface area (Å²) in [5, 5.41) is 3.48. The van der Waals surface area contributed by atoms with E-state index >= 15 is 0 Å². The minimum Gasteiger partial charge on any atom is -0.380 e. The quantitative estimate of drug-likeness (QED) is 0.669. The predicted octanol–water partition coefficient (Wildman–Crippen LogP) is 1.41. The molecule has 2 atom stereocenters. The molecule has 1 fully saturated rings. The van der Waals surface area contributed by atoms with Gasteiger partial charge in [-0.3, -0.25) is 0 Å². The van der Waals surface area contributed by atoms with Gasteiger partial charge in [0.25, 0.3) is 0 Å². The smallest absolute Gasteiger partial charge is 0.0622 e. The Kier molecular flexibility index (Phi) is 3.87. The average Bonchev–Trinajstić information content (AvgIpc) is 2.03. The molecule has 0 radical (unpaired) electrons. The van der Waals surface area contributed by atoms with Crippen molar-refractivity contribution in [1.29, 1.82) is 0 Å². The van der Waals surface area contributed by atoms with Crippen LogP contribution in [0.5, 0.6) is 0 Å². The van der Waals surface area contributed by atoms with Crippen molar-refractivity contribution in [1.82, 2.24) is 5.32 Å². The molecule has 1 aliphatic rings. The molecule has 11 heavy (non-hydrogen) atoms. The third-order valence-corrected chi connectivity index (χ3v) is 2.43. The highest BCUT2D eigenvalue weighted by Crippen LogP contribution is 2.15. The molecular formula is C9H19NO. The number of piperidine rings is 1. The van der Waals surface area contributed by atoms with Crippen molar-refractivity contribution >= 4 is 0 Å². The first-order valence-electron chi connectivity index (χ1n) is 4.65. The molecule has 0 aromatic rings. The molecule has 2 heteroatoms. The predicted molar refractivity (Wildman–Crippen MR) is 46.7 cm³/mol. The summed E-state index contributed by atoms with van der Waals surface area (Å²) < 4.78 is 5.38. The van der Waals surface area contributed by atoms with Crippen LogP contribution in [0, 0.1) is 5.92 Å². The van der Waals surface area contributed by atoms with E-state index in [9.17, 15) is 0 Å². The zero-order chi connectivity index (χ0) is 8.10. The second-order valence-electron chi connectivity index (χ2n) is 3.34. The molecule has 1 aliphatic heterocycles. The zero-order valence-corrected chi connectivity index (χ0v) is 7.60. The third-order valence-electron chi connectivity index (χ3n) is 2.43. The monoisotopic (exact) mass is 157 g/mol. The van der Waals surface area contributed by atoms with Crippen LogP contribution in [0.4, 0.5) is 0 Å². The van der Waals surface area contributed by atoms with E-state index in [-0.39, 0.29) is 0 Å². The first-order valence-corrected chi connectivity index (χ1v) is 4.65. The summed E-state index contributed by atoms with van der Waals surface area (Å²) in [6.07, 6.45) is 2.68. The number of ether oxygens (including phenoxy) is 1. The Bertz CT molecular complexity index is 106. The average molecular weight is 157 g/mol. The van der Waals surface area contributed by atoms with Gasteiger partial charge in [-0.15, -0.1) is 0 Å². The van der Waals surface area contributed by atoms with E-state index in [4.69, 9.17) is 4.74 Å². The lowest BCUT2D eigenvalue weighted by molar-refractivity contribution is 0.0951. The van der Waals surface area contributed by atoms with Gasteiger partial charge in [0.15, 0.2) is 0 Å². The lowest BCUT2D eigenvalue weighted by Gasteiger charge is -2.29. The van der Waals surface area contributed by atoms with Crippen molar-refractivity contribution < 1.29 is 4.74 Å². The fourth-order valence-electron chi connectivity index (χ4n) is 1.58. The number of rotatable bonds is 3. The van der Waals surface area contributed by atoms with Gasteiger partial charge >= 0.3 is 0 Å². The Labute approximate surface area is 69.3 Å². The van der Waals surface area contributed by atoms with Crippen molar-refractivity contribution in [2.24, 2.45) is 5.92 Å². The first-order chi connectivity index (χ1) is 5.34. The van der Waals surface area contributed by atoms with Crippen LogP contribution in [-0.2, 0) is 4.74 Å². The fourth-order valence-corrected chi connectivity index (χ4v) is 1.58. The standard InChI is InChI=1S/C9H19NO/c1-3-11-7-9-8(2)5-4-6-10-9/h8-10H,3-7H2,1-2H3. The second-order valence-corrected chi connectivity index (χ2v) is 3.34. The highest BCUT2D eigenvalue weighted by molar-refractivity contribution is 4.77. The molecule has 0 amide bonds. The highest BCUT2D eigenvalue weighted by Gasteiger charge is 2.19. The Morgan fingerprint density at radius 3 is 3.00 bits per heavy atom. The van der Waals surface area contributed by atoms with Crippen LogP contribution in [0.15, 0.2) is 0 Å². The summed E-state index contributed by atoms with van der Waals surface area (Å²) in [6, 6.07) is 0.601. The molecule has 0 aromatic heterocycles. The molecule has 0 saturated carbocycles. The van der Waals surface area contributed by atoms with Gasteiger partial charge < -0.3 is 10.1 Å². The molecular weight excluding hydrogens is 138 g/mol. The second kappa shape index (κ2) is 4.73. The van der Waals surface area contributed by atoms with E-state index in [0.29, 0.717) is 6.04 Å². The molecule has 0 aliphatic carbocycles. The van der Waals surface area contributed by atoms with Crippen molar-refractivity contribution in [3.63, 3.8) is 0 Å². The lowest BCUT2D eigenvalue weighted by atomic mass is 9.93. The van der Waals surface area contributed by atoms with Gasteiger partial charge in [0.05, 0.1) is 6.61 Å². The molecule has 0 aromatic carbocycles. The largest absolute Gasteiger partial charge is 0.380 e. The molecule has 2 unspecified atom stereocenters. The Morgan fingerprint density at radius 2 is 2.36 bits per heavy atom. The summed E-state index contributed by atoms with van der Waals surface area (Å²) in [4.78, 5) is 0. The Hall–Kier alpha value is -0.0800.